The first-order valence-electron chi connectivity index (χ1n) is 38.9. The molecule has 12 aliphatic heterocycles. The monoisotopic (exact) mass is 1430 g/mol. The van der Waals surface area contributed by atoms with Crippen molar-refractivity contribution in [1.82, 2.24) is 0 Å². The van der Waals surface area contributed by atoms with E-state index in [-0.39, 0.29) is 6.79 Å². The van der Waals surface area contributed by atoms with Gasteiger partial charge in [0.25, 0.3) is 0 Å². The van der Waals surface area contributed by atoms with E-state index in [2.05, 4.69) is 0 Å². The van der Waals surface area contributed by atoms with Gasteiger partial charge in [0, 0.05) is 42.3 Å². The Bertz CT molecular complexity index is 2630. The van der Waals surface area contributed by atoms with Gasteiger partial charge in [-0.05, 0) is 252 Å². The molecule has 8 saturated carbocycles. The van der Waals surface area contributed by atoms with Crippen LogP contribution in [0.15, 0.2) is 0 Å². The lowest BCUT2D eigenvalue weighted by Crippen LogP contribution is -2.83. The van der Waals surface area contributed by atoms with Gasteiger partial charge in [0.05, 0.1) is 97.7 Å². The third-order valence-corrected chi connectivity index (χ3v) is 60.4. The maximum Gasteiger partial charge on any atom is 0.487 e. The molecule has 0 spiro atoms. The third kappa shape index (κ3) is 14.2. The SMILES string of the molecule is C1O[Si]2(CCC3CCC4OC4C3)O[Si]3(CCC4CCC5OC5C4)O[Si](CCC4CCC5OC5C4)(O1)O[Si]1(CCC4CCC5OC5C4)O[Si](CCC4CCC5OC5C4)(O[SiH2]CCC4CCC5OC5C4)O[Si](CCC4CCC5OC5C4)(O2)O[Si](CCC2CCC4OC4C2)(O3)O1. The largest absolute Gasteiger partial charge is 0.487 e. The number of epoxide rings is 8. The molecule has 20 rings (SSSR count). The summed E-state index contributed by atoms with van der Waals surface area (Å²) in [5.41, 5.74) is 0. The van der Waals surface area contributed by atoms with Crippen molar-refractivity contribution in [3.63, 3.8) is 0 Å². The highest BCUT2D eigenvalue weighted by Crippen LogP contribution is 2.57. The van der Waals surface area contributed by atoms with Gasteiger partial charge in [-0.25, -0.2) is 0 Å². The van der Waals surface area contributed by atoms with Crippen LogP contribution in [0.5, 0.6) is 0 Å². The van der Waals surface area contributed by atoms with Crippen LogP contribution in [-0.2, 0) is 87.9 Å². The molecule has 8 aliphatic carbocycles. The Labute approximate surface area is 561 Å². The molecule has 20 aliphatic rings. The van der Waals surface area contributed by atoms with Gasteiger partial charge in [-0.2, -0.15) is 0 Å². The molecule has 520 valence electrons. The number of ether oxygens (including phenoxy) is 8. The molecule has 0 aromatic carbocycles. The lowest BCUT2D eigenvalue weighted by Gasteiger charge is -2.59. The van der Waals surface area contributed by atoms with Crippen molar-refractivity contribution in [1.29, 1.82) is 0 Å². The average Bonchev–Trinajstić information content (AvgIpc) is 1.25. The second-order valence-corrected chi connectivity index (χ2v) is 57.3. The lowest BCUT2D eigenvalue weighted by atomic mass is 9.88. The van der Waals surface area contributed by atoms with E-state index in [9.17, 15) is 0 Å². The fourth-order valence-electron chi connectivity index (χ4n) is 21.2. The first-order chi connectivity index (χ1) is 45.4. The first kappa shape index (κ1) is 63.6. The summed E-state index contributed by atoms with van der Waals surface area (Å²) in [7, 11) is -30.4. The zero-order valence-electron chi connectivity index (χ0n) is 55.2. The summed E-state index contributed by atoms with van der Waals surface area (Å²) in [5, 5.41) is 0. The highest BCUT2D eigenvalue weighted by molar-refractivity contribution is 6.99. The number of rotatable bonds is 26. The molecule has 28 heteroatoms. The van der Waals surface area contributed by atoms with Crippen LogP contribution in [-0.4, -0.2) is 176 Å². The van der Waals surface area contributed by atoms with E-state index in [1.807, 2.05) is 0 Å². The van der Waals surface area contributed by atoms with E-state index in [4.69, 9.17) is 87.9 Å². The summed E-state index contributed by atoms with van der Waals surface area (Å²) in [6, 6.07) is 5.03. The van der Waals surface area contributed by atoms with Crippen LogP contribution in [0.3, 0.4) is 0 Å². The van der Waals surface area contributed by atoms with Gasteiger partial charge in [-0.15, -0.1) is 0 Å². The van der Waals surface area contributed by atoms with E-state index in [1.54, 1.807) is 0 Å². The zero-order chi connectivity index (χ0) is 61.2. The number of hydrogen-bond donors (Lipinski definition) is 0. The molecule has 6 bridgehead atoms. The van der Waals surface area contributed by atoms with E-state index < -0.39 is 71.4 Å². The molecular weight excluding hydrogens is 1330 g/mol. The number of hydrogen-bond acceptors (Lipinski definition) is 20. The molecule has 0 amide bonds. The molecule has 0 radical (unpaired) electrons. The van der Waals surface area contributed by atoms with Gasteiger partial charge in [-0.1, -0.05) is 6.42 Å². The van der Waals surface area contributed by atoms with E-state index >= 15 is 0 Å². The summed E-state index contributed by atoms with van der Waals surface area (Å²) < 4.78 is 152. The molecule has 93 heavy (non-hydrogen) atoms. The number of fused-ring (bicyclic) bond motifs is 12. The highest BCUT2D eigenvalue weighted by atomic mass is 28.6. The van der Waals surface area contributed by atoms with E-state index in [0.717, 1.165) is 199 Å². The average molecular weight is 1430 g/mol. The quantitative estimate of drug-likeness (QED) is 0.0448. The minimum Gasteiger partial charge on any atom is -0.422 e. The van der Waals surface area contributed by atoms with Gasteiger partial charge >= 0.3 is 61.6 Å². The molecule has 0 aromatic rings. The standard InChI is InChI=1S/C65H108O20Si8/c1-9-50-58(68-50)33-42(1)17-25-86-76-89(28-20-45-4-12-53-61(36-45)71-53)81-91(30-22-47-6-14-55-63(38-47)73-55)79-87(26-18-43-2-10-51-59(34-43)69-51)66-41-67-88(27-19-44-3-11-52-60(35-44)70-52)78-90(77-87,29-21-46-5-13-54-62(37-46)72-54)83-93(84-91,32-24-49-8-16-57-65(40-49)75-57)85-92(80-88,82-89)31-23-48-7-15-56-64(39-48)74-56/h42-65H,1-41,86H2. The topological polar surface area (TPSA) is 211 Å². The fraction of sp³-hybridized carbons (Fsp3) is 1.00. The van der Waals surface area contributed by atoms with Crippen LogP contribution in [0.1, 0.15) is 205 Å². The summed E-state index contributed by atoms with van der Waals surface area (Å²) in [6.07, 6.45) is 39.3. The second-order valence-electron chi connectivity index (χ2n) is 34.0. The summed E-state index contributed by atoms with van der Waals surface area (Å²) >= 11 is 0. The lowest BCUT2D eigenvalue weighted by molar-refractivity contribution is -0.0584. The molecule has 28 atom stereocenters. The van der Waals surface area contributed by atoms with Crippen molar-refractivity contribution in [2.24, 2.45) is 47.3 Å². The Balaban J connectivity index is 0.743. The minimum absolute atomic E-state index is 0.0792. The van der Waals surface area contributed by atoms with Crippen LogP contribution in [0, 0.1) is 47.3 Å². The maximum absolute atomic E-state index is 8.77. The van der Waals surface area contributed by atoms with Gasteiger partial charge < -0.3 is 87.9 Å². The minimum atomic E-state index is -4.25. The predicted molar refractivity (Wildman–Crippen MR) is 350 cm³/mol. The van der Waals surface area contributed by atoms with Gasteiger partial charge in [-0.3, -0.25) is 0 Å². The third-order valence-electron chi connectivity index (χ3n) is 27.3. The fourth-order valence-corrected chi connectivity index (χ4v) is 65.6. The van der Waals surface area contributed by atoms with E-state index in [1.165, 1.54) is 12.8 Å². The van der Waals surface area contributed by atoms with Gasteiger partial charge in [0.1, 0.15) is 6.79 Å². The smallest absolute Gasteiger partial charge is 0.422 e. The Morgan fingerprint density at radius 2 is 0.462 bits per heavy atom. The molecule has 20 fully saturated rings. The summed E-state index contributed by atoms with van der Waals surface area (Å²) in [6.45, 7) is -0.0792. The Morgan fingerprint density at radius 3 is 0.731 bits per heavy atom. The molecular formula is C65H108O20Si8. The van der Waals surface area contributed by atoms with Gasteiger partial charge in [0.15, 0.2) is 9.76 Å². The molecule has 12 heterocycles. The van der Waals surface area contributed by atoms with Gasteiger partial charge in [0.2, 0.25) is 0 Å². The van der Waals surface area contributed by atoms with E-state index in [0.29, 0.717) is 187 Å². The summed E-state index contributed by atoms with van der Waals surface area (Å²) in [4.78, 5) is 0. The Kier molecular flexibility index (Phi) is 17.2. The first-order valence-corrected chi connectivity index (χ1v) is 54.0. The van der Waals surface area contributed by atoms with Crippen molar-refractivity contribution in [3.8, 4) is 0 Å². The molecule has 0 N–H and O–H groups in total. The zero-order valence-corrected chi connectivity index (χ0v) is 63.6. The van der Waals surface area contributed by atoms with Crippen molar-refractivity contribution in [2.75, 3.05) is 6.79 Å². The predicted octanol–water partition coefficient (Wildman–Crippen LogP) is 10.9. The maximum atomic E-state index is 8.77. The Morgan fingerprint density at radius 1 is 0.237 bits per heavy atom. The Hall–Kier alpha value is 0.935. The normalized spacial score (nSPS) is 56.1. The van der Waals surface area contributed by atoms with Crippen molar-refractivity contribution >= 4 is 71.4 Å². The molecule has 20 nitrogen and oxygen atoms in total. The van der Waals surface area contributed by atoms with Crippen LogP contribution < -0.4 is 0 Å². The molecule has 0 aromatic heterocycles. The second kappa shape index (κ2) is 25.1. The van der Waals surface area contributed by atoms with Crippen LogP contribution >= 0.6 is 0 Å². The van der Waals surface area contributed by atoms with Crippen molar-refractivity contribution in [3.05, 3.63) is 0 Å². The summed E-state index contributed by atoms with van der Waals surface area (Å²) in [5.74, 6) is 3.58. The molecule has 12 saturated heterocycles. The highest BCUT2D eigenvalue weighted by Gasteiger charge is 2.79. The van der Waals surface area contributed by atoms with Crippen LogP contribution in [0.4, 0.5) is 0 Å². The van der Waals surface area contributed by atoms with Crippen LogP contribution in [0.25, 0.3) is 0 Å². The molecule has 28 unspecified atom stereocenters. The van der Waals surface area contributed by atoms with Crippen molar-refractivity contribution in [2.45, 2.75) is 351 Å². The van der Waals surface area contributed by atoms with Crippen LogP contribution in [0.2, 0.25) is 48.4 Å². The van der Waals surface area contributed by atoms with Crippen molar-refractivity contribution < 1.29 is 87.9 Å².